The van der Waals surface area contributed by atoms with Crippen molar-refractivity contribution in [2.24, 2.45) is 0 Å². The molecule has 0 aliphatic heterocycles. The fraction of sp³-hybridized carbons (Fsp3) is 0.400. The molecule has 50 valence electrons. The number of aliphatic hydroxyl groups excluding tert-OH is 1. The van der Waals surface area contributed by atoms with Crippen LogP contribution in [0.2, 0.25) is 0 Å². The molecule has 0 aromatic carbocycles. The summed E-state index contributed by atoms with van der Waals surface area (Å²) < 4.78 is 0.858. The SMILES string of the molecule is OCCc1cn[nH]c1Br. The van der Waals surface area contributed by atoms with Crippen LogP contribution < -0.4 is 0 Å². The number of nitrogens with zero attached hydrogens (tertiary/aromatic N) is 1. The van der Waals surface area contributed by atoms with Gasteiger partial charge in [0.1, 0.15) is 4.60 Å². The van der Waals surface area contributed by atoms with E-state index in [2.05, 4.69) is 26.1 Å². The van der Waals surface area contributed by atoms with E-state index in [4.69, 9.17) is 5.11 Å². The van der Waals surface area contributed by atoms with Gasteiger partial charge in [-0.3, -0.25) is 5.10 Å². The molecule has 0 fully saturated rings. The van der Waals surface area contributed by atoms with Gasteiger partial charge in [0.05, 0.1) is 6.20 Å². The summed E-state index contributed by atoms with van der Waals surface area (Å²) in [5.74, 6) is 0. The van der Waals surface area contributed by atoms with Gasteiger partial charge in [0, 0.05) is 12.2 Å². The lowest BCUT2D eigenvalue weighted by Crippen LogP contribution is -1.87. The molecule has 3 nitrogen and oxygen atoms in total. The van der Waals surface area contributed by atoms with E-state index >= 15 is 0 Å². The van der Waals surface area contributed by atoms with Crippen LogP contribution in [-0.2, 0) is 6.42 Å². The Labute approximate surface area is 61.2 Å². The lowest BCUT2D eigenvalue weighted by molar-refractivity contribution is 0.299. The van der Waals surface area contributed by atoms with E-state index in [9.17, 15) is 0 Å². The van der Waals surface area contributed by atoms with E-state index in [0.29, 0.717) is 6.42 Å². The van der Waals surface area contributed by atoms with Gasteiger partial charge in [-0.25, -0.2) is 0 Å². The molecular formula is C5H7BrN2O. The Morgan fingerprint density at radius 1 is 1.78 bits per heavy atom. The van der Waals surface area contributed by atoms with Crippen molar-refractivity contribution < 1.29 is 5.11 Å². The second-order valence-corrected chi connectivity index (χ2v) is 2.48. The van der Waals surface area contributed by atoms with E-state index in [1.807, 2.05) is 0 Å². The molecule has 0 bridgehead atoms. The summed E-state index contributed by atoms with van der Waals surface area (Å²) in [6.07, 6.45) is 2.34. The van der Waals surface area contributed by atoms with Crippen LogP contribution in [-0.4, -0.2) is 21.9 Å². The maximum atomic E-state index is 8.50. The second kappa shape index (κ2) is 2.98. The number of nitrogens with one attached hydrogen (secondary N) is 1. The van der Waals surface area contributed by atoms with Crippen LogP contribution in [0.15, 0.2) is 10.8 Å². The van der Waals surface area contributed by atoms with Crippen molar-refractivity contribution in [1.82, 2.24) is 10.2 Å². The third-order valence-corrected chi connectivity index (χ3v) is 1.73. The first kappa shape index (κ1) is 6.77. The Balaban J connectivity index is 2.69. The number of hydrogen-bond acceptors (Lipinski definition) is 2. The standard InChI is InChI=1S/C5H7BrN2O/c6-5-4(1-2-9)3-7-8-5/h3,9H,1-2H2,(H,7,8). The van der Waals surface area contributed by atoms with E-state index in [1.165, 1.54) is 0 Å². The largest absolute Gasteiger partial charge is 0.396 e. The molecule has 1 aromatic heterocycles. The van der Waals surface area contributed by atoms with Crippen LogP contribution in [0.25, 0.3) is 0 Å². The number of hydrogen-bond donors (Lipinski definition) is 2. The van der Waals surface area contributed by atoms with Gasteiger partial charge in [-0.2, -0.15) is 5.10 Å². The van der Waals surface area contributed by atoms with Gasteiger partial charge in [0.15, 0.2) is 0 Å². The third kappa shape index (κ3) is 1.53. The number of rotatable bonds is 2. The van der Waals surface area contributed by atoms with Crippen LogP contribution in [0.4, 0.5) is 0 Å². The molecule has 0 radical (unpaired) electrons. The molecule has 0 spiro atoms. The van der Waals surface area contributed by atoms with Gasteiger partial charge >= 0.3 is 0 Å². The van der Waals surface area contributed by atoms with E-state index in [-0.39, 0.29) is 6.61 Å². The molecular weight excluding hydrogens is 184 g/mol. The van der Waals surface area contributed by atoms with Crippen molar-refractivity contribution in [3.8, 4) is 0 Å². The highest BCUT2D eigenvalue weighted by Gasteiger charge is 1.98. The number of aromatic nitrogens is 2. The fourth-order valence-electron chi connectivity index (χ4n) is 0.590. The molecule has 0 atom stereocenters. The average Bonchev–Trinajstić information content (AvgIpc) is 2.18. The molecule has 0 aliphatic carbocycles. The number of aliphatic hydroxyl groups is 1. The lowest BCUT2D eigenvalue weighted by atomic mass is 10.3. The first-order chi connectivity index (χ1) is 4.34. The van der Waals surface area contributed by atoms with Crippen LogP contribution in [0, 0.1) is 0 Å². The van der Waals surface area contributed by atoms with Crippen LogP contribution in [0.1, 0.15) is 5.56 Å². The minimum absolute atomic E-state index is 0.165. The van der Waals surface area contributed by atoms with E-state index < -0.39 is 0 Å². The summed E-state index contributed by atoms with van der Waals surface area (Å²) >= 11 is 3.24. The molecule has 0 saturated heterocycles. The van der Waals surface area contributed by atoms with Gasteiger partial charge in [0.25, 0.3) is 0 Å². The van der Waals surface area contributed by atoms with Crippen molar-refractivity contribution in [3.05, 3.63) is 16.4 Å². The first-order valence-corrected chi connectivity index (χ1v) is 3.42. The van der Waals surface area contributed by atoms with E-state index in [0.717, 1.165) is 10.2 Å². The highest BCUT2D eigenvalue weighted by atomic mass is 79.9. The summed E-state index contributed by atoms with van der Waals surface area (Å²) in [5.41, 5.74) is 1.01. The average molecular weight is 191 g/mol. The minimum Gasteiger partial charge on any atom is -0.396 e. The molecule has 4 heteroatoms. The highest BCUT2D eigenvalue weighted by Crippen LogP contribution is 2.11. The van der Waals surface area contributed by atoms with Crippen molar-refractivity contribution >= 4 is 15.9 Å². The normalized spacial score (nSPS) is 10.0. The monoisotopic (exact) mass is 190 g/mol. The zero-order valence-electron chi connectivity index (χ0n) is 4.76. The van der Waals surface area contributed by atoms with Gasteiger partial charge in [-0.05, 0) is 22.4 Å². The predicted molar refractivity (Wildman–Crippen MR) is 37.1 cm³/mol. The van der Waals surface area contributed by atoms with Crippen molar-refractivity contribution in [2.45, 2.75) is 6.42 Å². The Bertz CT molecular complexity index is 187. The molecule has 1 rings (SSSR count). The third-order valence-electron chi connectivity index (χ3n) is 1.05. The number of aromatic amines is 1. The zero-order chi connectivity index (χ0) is 6.69. The number of H-pyrrole nitrogens is 1. The maximum Gasteiger partial charge on any atom is 0.104 e. The second-order valence-electron chi connectivity index (χ2n) is 1.68. The molecule has 1 aromatic rings. The quantitative estimate of drug-likeness (QED) is 0.722. The molecule has 0 aliphatic rings. The van der Waals surface area contributed by atoms with Crippen molar-refractivity contribution in [3.63, 3.8) is 0 Å². The Kier molecular flexibility index (Phi) is 2.24. The van der Waals surface area contributed by atoms with E-state index in [1.54, 1.807) is 6.20 Å². The fourth-order valence-corrected chi connectivity index (χ4v) is 0.993. The summed E-state index contributed by atoms with van der Waals surface area (Å²) in [4.78, 5) is 0. The molecule has 1 heterocycles. The predicted octanol–water partition coefficient (Wildman–Crippen LogP) is 0.707. The van der Waals surface area contributed by atoms with Crippen LogP contribution >= 0.6 is 15.9 Å². The minimum atomic E-state index is 0.165. The van der Waals surface area contributed by atoms with Gasteiger partial charge in [0.2, 0.25) is 0 Å². The summed E-state index contributed by atoms with van der Waals surface area (Å²) in [7, 11) is 0. The molecule has 0 amide bonds. The van der Waals surface area contributed by atoms with Crippen molar-refractivity contribution in [1.29, 1.82) is 0 Å². The van der Waals surface area contributed by atoms with Gasteiger partial charge in [-0.1, -0.05) is 0 Å². The van der Waals surface area contributed by atoms with Crippen molar-refractivity contribution in [2.75, 3.05) is 6.61 Å². The lowest BCUT2D eigenvalue weighted by Gasteiger charge is -1.89. The number of halogens is 1. The topological polar surface area (TPSA) is 48.9 Å². The molecule has 9 heavy (non-hydrogen) atoms. The summed E-state index contributed by atoms with van der Waals surface area (Å²) in [6.45, 7) is 0.165. The maximum absolute atomic E-state index is 8.50. The van der Waals surface area contributed by atoms with Crippen LogP contribution in [0.5, 0.6) is 0 Å². The molecule has 0 unspecified atom stereocenters. The highest BCUT2D eigenvalue weighted by molar-refractivity contribution is 9.10. The summed E-state index contributed by atoms with van der Waals surface area (Å²) in [6, 6.07) is 0. The summed E-state index contributed by atoms with van der Waals surface area (Å²) in [5, 5.41) is 15.0. The van der Waals surface area contributed by atoms with Crippen LogP contribution in [0.3, 0.4) is 0 Å². The molecule has 2 N–H and O–H groups in total. The Morgan fingerprint density at radius 3 is 3.00 bits per heavy atom. The Morgan fingerprint density at radius 2 is 2.56 bits per heavy atom. The van der Waals surface area contributed by atoms with Gasteiger partial charge in [-0.15, -0.1) is 0 Å². The van der Waals surface area contributed by atoms with Gasteiger partial charge < -0.3 is 5.11 Å². The zero-order valence-corrected chi connectivity index (χ0v) is 6.35. The Hall–Kier alpha value is -0.350. The smallest absolute Gasteiger partial charge is 0.104 e. The molecule has 0 saturated carbocycles. The first-order valence-electron chi connectivity index (χ1n) is 2.63.